The first-order valence-corrected chi connectivity index (χ1v) is 9.54. The Morgan fingerprint density at radius 1 is 0.750 bits per heavy atom. The van der Waals surface area contributed by atoms with Gasteiger partial charge in [0, 0.05) is 6.61 Å². The number of rotatable bonds is 13. The Hall–Kier alpha value is -0.240. The van der Waals surface area contributed by atoms with Gasteiger partial charge in [-0.1, -0.05) is 64.7 Å². The Bertz CT molecular complexity index is 299. The van der Waals surface area contributed by atoms with Crippen LogP contribution in [0.3, 0.4) is 0 Å². The summed E-state index contributed by atoms with van der Waals surface area (Å²) in [6.07, 6.45) is 6.37. The summed E-state index contributed by atoms with van der Waals surface area (Å²) in [7, 11) is 0. The molecule has 0 aromatic rings. The van der Waals surface area contributed by atoms with E-state index in [4.69, 9.17) is 14.6 Å². The van der Waals surface area contributed by atoms with E-state index >= 15 is 0 Å². The minimum Gasteiger partial charge on any atom is -0.394 e. The van der Waals surface area contributed by atoms with Gasteiger partial charge in [0.15, 0.2) is 6.29 Å². The van der Waals surface area contributed by atoms with Gasteiger partial charge in [0.25, 0.3) is 0 Å². The lowest BCUT2D eigenvalue weighted by Gasteiger charge is -2.39. The molecule has 0 aromatic heterocycles. The van der Waals surface area contributed by atoms with Crippen molar-refractivity contribution in [3.63, 3.8) is 0 Å². The molecule has 1 saturated heterocycles. The first-order chi connectivity index (χ1) is 11.6. The standard InChI is InChI=1S/C18H36O6/c1-2-3-4-5-6-7-8-9-10-11-12-23-18-17(22)16(21)15(20)14(13-19)24-18/h14-22H,2-13H2,1H3/t14-,15+,16?,17-,18-/m1/s1. The zero-order chi connectivity index (χ0) is 17.8. The SMILES string of the molecule is CCCCCCCCCCCCO[C@@H]1O[C@H](CO)[C@H](O)C(O)[C@H]1O. The monoisotopic (exact) mass is 348 g/mol. The van der Waals surface area contributed by atoms with Crippen LogP contribution in [0.5, 0.6) is 0 Å². The van der Waals surface area contributed by atoms with Gasteiger partial charge in [-0.15, -0.1) is 0 Å². The van der Waals surface area contributed by atoms with Crippen molar-refractivity contribution in [1.29, 1.82) is 0 Å². The summed E-state index contributed by atoms with van der Waals surface area (Å²) in [4.78, 5) is 0. The van der Waals surface area contributed by atoms with Gasteiger partial charge in [-0.25, -0.2) is 0 Å². The normalized spacial score (nSPS) is 30.6. The molecule has 144 valence electrons. The van der Waals surface area contributed by atoms with Crippen LogP contribution >= 0.6 is 0 Å². The Morgan fingerprint density at radius 2 is 1.29 bits per heavy atom. The Kier molecular flexibility index (Phi) is 11.8. The third-order valence-corrected chi connectivity index (χ3v) is 4.63. The van der Waals surface area contributed by atoms with Crippen molar-refractivity contribution in [1.82, 2.24) is 0 Å². The number of ether oxygens (including phenoxy) is 2. The van der Waals surface area contributed by atoms with Crippen LogP contribution in [0.2, 0.25) is 0 Å². The van der Waals surface area contributed by atoms with Gasteiger partial charge in [-0.05, 0) is 6.42 Å². The van der Waals surface area contributed by atoms with Crippen LogP contribution in [0.1, 0.15) is 71.1 Å². The van der Waals surface area contributed by atoms with Gasteiger partial charge < -0.3 is 29.9 Å². The predicted molar refractivity (Wildman–Crippen MR) is 91.6 cm³/mol. The molecule has 1 fully saturated rings. The first kappa shape index (κ1) is 21.8. The molecular formula is C18H36O6. The van der Waals surface area contributed by atoms with Gasteiger partial charge in [-0.2, -0.15) is 0 Å². The second-order valence-electron chi connectivity index (χ2n) is 6.75. The number of hydrogen-bond donors (Lipinski definition) is 4. The summed E-state index contributed by atoms with van der Waals surface area (Å²) in [6, 6.07) is 0. The number of aliphatic hydroxyl groups is 4. The number of unbranched alkanes of at least 4 members (excludes halogenated alkanes) is 9. The predicted octanol–water partition coefficient (Wildman–Crippen LogP) is 1.72. The maximum atomic E-state index is 9.84. The van der Waals surface area contributed by atoms with Crippen LogP contribution in [-0.4, -0.2) is 64.3 Å². The minimum atomic E-state index is -1.37. The molecule has 6 nitrogen and oxygen atoms in total. The average molecular weight is 348 g/mol. The summed E-state index contributed by atoms with van der Waals surface area (Å²) < 4.78 is 10.8. The molecule has 24 heavy (non-hydrogen) atoms. The van der Waals surface area contributed by atoms with Crippen molar-refractivity contribution in [3.05, 3.63) is 0 Å². The maximum Gasteiger partial charge on any atom is 0.186 e. The Morgan fingerprint density at radius 3 is 1.83 bits per heavy atom. The molecule has 0 saturated carbocycles. The smallest absolute Gasteiger partial charge is 0.186 e. The maximum absolute atomic E-state index is 9.84. The van der Waals surface area contributed by atoms with Gasteiger partial charge >= 0.3 is 0 Å². The quantitative estimate of drug-likeness (QED) is 0.378. The van der Waals surface area contributed by atoms with E-state index in [0.717, 1.165) is 12.8 Å². The third-order valence-electron chi connectivity index (χ3n) is 4.63. The first-order valence-electron chi connectivity index (χ1n) is 9.54. The highest BCUT2D eigenvalue weighted by Crippen LogP contribution is 2.22. The van der Waals surface area contributed by atoms with Gasteiger partial charge in [0.05, 0.1) is 6.61 Å². The molecule has 1 heterocycles. The Balaban J connectivity index is 2.02. The minimum absolute atomic E-state index is 0.428. The molecule has 1 unspecified atom stereocenters. The van der Waals surface area contributed by atoms with Crippen LogP contribution in [0.25, 0.3) is 0 Å². The van der Waals surface area contributed by atoms with E-state index in [1.807, 2.05) is 0 Å². The second-order valence-corrected chi connectivity index (χ2v) is 6.75. The van der Waals surface area contributed by atoms with E-state index in [-0.39, 0.29) is 0 Å². The summed E-state index contributed by atoms with van der Waals surface area (Å²) in [6.45, 7) is 2.23. The highest BCUT2D eigenvalue weighted by molar-refractivity contribution is 4.88. The molecule has 0 bridgehead atoms. The Labute approximate surface area is 145 Å². The van der Waals surface area contributed by atoms with Crippen molar-refractivity contribution >= 4 is 0 Å². The molecule has 5 atom stereocenters. The molecule has 0 radical (unpaired) electrons. The fourth-order valence-corrected chi connectivity index (χ4v) is 2.99. The largest absolute Gasteiger partial charge is 0.394 e. The fourth-order valence-electron chi connectivity index (χ4n) is 2.99. The molecular weight excluding hydrogens is 312 g/mol. The zero-order valence-electron chi connectivity index (χ0n) is 15.0. The van der Waals surface area contributed by atoms with Crippen LogP contribution in [0, 0.1) is 0 Å². The van der Waals surface area contributed by atoms with Gasteiger partial charge in [0.2, 0.25) is 0 Å². The van der Waals surface area contributed by atoms with E-state index in [0.29, 0.717) is 6.61 Å². The third kappa shape index (κ3) is 7.76. The zero-order valence-corrected chi connectivity index (χ0v) is 15.0. The van der Waals surface area contributed by atoms with E-state index in [9.17, 15) is 15.3 Å². The topological polar surface area (TPSA) is 99.4 Å². The molecule has 0 aromatic carbocycles. The van der Waals surface area contributed by atoms with Crippen LogP contribution in [0.4, 0.5) is 0 Å². The average Bonchev–Trinajstić information content (AvgIpc) is 2.59. The lowest BCUT2D eigenvalue weighted by Crippen LogP contribution is -2.59. The van der Waals surface area contributed by atoms with E-state index in [1.165, 1.54) is 51.4 Å². The molecule has 0 amide bonds. The second kappa shape index (κ2) is 13.0. The molecule has 4 N–H and O–H groups in total. The molecule has 0 spiro atoms. The highest BCUT2D eigenvalue weighted by atomic mass is 16.7. The lowest BCUT2D eigenvalue weighted by molar-refractivity contribution is -0.301. The highest BCUT2D eigenvalue weighted by Gasteiger charge is 2.43. The van der Waals surface area contributed by atoms with Gasteiger partial charge in [-0.3, -0.25) is 0 Å². The van der Waals surface area contributed by atoms with Crippen LogP contribution in [-0.2, 0) is 9.47 Å². The lowest BCUT2D eigenvalue weighted by atomic mass is 9.99. The van der Waals surface area contributed by atoms with E-state index in [2.05, 4.69) is 6.92 Å². The molecule has 1 aliphatic heterocycles. The molecule has 6 heteroatoms. The van der Waals surface area contributed by atoms with Crippen molar-refractivity contribution in [2.75, 3.05) is 13.2 Å². The van der Waals surface area contributed by atoms with Crippen molar-refractivity contribution < 1.29 is 29.9 Å². The summed E-state index contributed by atoms with van der Waals surface area (Å²) in [5, 5.41) is 38.3. The summed E-state index contributed by atoms with van der Waals surface area (Å²) in [5.41, 5.74) is 0. The van der Waals surface area contributed by atoms with Crippen LogP contribution < -0.4 is 0 Å². The number of aliphatic hydroxyl groups excluding tert-OH is 4. The molecule has 1 aliphatic rings. The van der Waals surface area contributed by atoms with E-state index < -0.39 is 37.3 Å². The molecule has 0 aliphatic carbocycles. The summed E-state index contributed by atoms with van der Waals surface area (Å²) >= 11 is 0. The van der Waals surface area contributed by atoms with Crippen LogP contribution in [0.15, 0.2) is 0 Å². The van der Waals surface area contributed by atoms with E-state index in [1.54, 1.807) is 0 Å². The number of hydrogen-bond acceptors (Lipinski definition) is 6. The molecule has 1 rings (SSSR count). The fraction of sp³-hybridized carbons (Fsp3) is 1.00. The van der Waals surface area contributed by atoms with Gasteiger partial charge in [0.1, 0.15) is 24.4 Å². The van der Waals surface area contributed by atoms with Crippen molar-refractivity contribution in [2.24, 2.45) is 0 Å². The van der Waals surface area contributed by atoms with Crippen molar-refractivity contribution in [3.8, 4) is 0 Å². The van der Waals surface area contributed by atoms with Crippen molar-refractivity contribution in [2.45, 2.75) is 102 Å². The summed E-state index contributed by atoms with van der Waals surface area (Å²) in [5.74, 6) is 0.